The van der Waals surface area contributed by atoms with Crippen molar-refractivity contribution in [3.63, 3.8) is 0 Å². The minimum Gasteiger partial charge on any atom is -0.345 e. The van der Waals surface area contributed by atoms with E-state index in [1.165, 1.54) is 12.1 Å². The molecule has 0 atom stereocenters. The van der Waals surface area contributed by atoms with Crippen LogP contribution in [0.2, 0.25) is 0 Å². The predicted molar refractivity (Wildman–Crippen MR) is 139 cm³/mol. The maximum Gasteiger partial charge on any atom is 0.194 e. The van der Waals surface area contributed by atoms with Gasteiger partial charge in [-0.05, 0) is 42.8 Å². The molecule has 0 amide bonds. The maximum atomic E-state index is 13.7. The molecule has 3 aromatic carbocycles. The van der Waals surface area contributed by atoms with Gasteiger partial charge in [0.05, 0.1) is 30.3 Å². The fourth-order valence-corrected chi connectivity index (χ4v) is 5.20. The Morgan fingerprint density at radius 3 is 2.28 bits per heavy atom. The highest BCUT2D eigenvalue weighted by Crippen LogP contribution is 2.44. The van der Waals surface area contributed by atoms with Crippen LogP contribution in [0, 0.1) is 11.2 Å². The highest BCUT2D eigenvalue weighted by Gasteiger charge is 2.42. The lowest BCUT2D eigenvalue weighted by Gasteiger charge is -2.44. The molecule has 0 saturated carbocycles. The van der Waals surface area contributed by atoms with Gasteiger partial charge in [-0.1, -0.05) is 50.2 Å². The number of halogens is 1. The van der Waals surface area contributed by atoms with Gasteiger partial charge in [0.1, 0.15) is 11.6 Å². The van der Waals surface area contributed by atoms with Gasteiger partial charge >= 0.3 is 0 Å². The van der Waals surface area contributed by atoms with Crippen LogP contribution in [-0.4, -0.2) is 29.3 Å². The maximum absolute atomic E-state index is 13.7. The van der Waals surface area contributed by atoms with E-state index in [4.69, 9.17) is 9.47 Å². The first kappa shape index (κ1) is 23.0. The number of benzene rings is 3. The van der Waals surface area contributed by atoms with Gasteiger partial charge in [-0.25, -0.2) is 9.37 Å². The second kappa shape index (κ2) is 8.87. The summed E-state index contributed by atoms with van der Waals surface area (Å²) >= 11 is 0. The minimum atomic E-state index is -0.888. The highest BCUT2D eigenvalue weighted by atomic mass is 19.1. The van der Waals surface area contributed by atoms with Gasteiger partial charge in [0, 0.05) is 41.9 Å². The quantitative estimate of drug-likeness (QED) is 0.312. The lowest BCUT2D eigenvalue weighted by molar-refractivity contribution is -0.311. The zero-order valence-electron chi connectivity index (χ0n) is 20.7. The average molecular weight is 484 g/mol. The van der Waals surface area contributed by atoms with Crippen LogP contribution < -0.4 is 4.90 Å². The summed E-state index contributed by atoms with van der Waals surface area (Å²) in [4.78, 5) is 7.05. The number of nitrogens with zero attached hydrogens (tertiary/aromatic N) is 3. The monoisotopic (exact) mass is 483 g/mol. The van der Waals surface area contributed by atoms with E-state index in [0.717, 1.165) is 47.0 Å². The number of anilines is 2. The van der Waals surface area contributed by atoms with Crippen molar-refractivity contribution < 1.29 is 13.9 Å². The van der Waals surface area contributed by atoms with Crippen molar-refractivity contribution in [1.29, 1.82) is 0 Å². The Kier molecular flexibility index (Phi) is 5.66. The minimum absolute atomic E-state index is 0.0628. The lowest BCUT2D eigenvalue weighted by atomic mass is 9.91. The molecule has 2 aliphatic heterocycles. The molecule has 5 nitrogen and oxygen atoms in total. The van der Waals surface area contributed by atoms with Crippen LogP contribution in [0.5, 0.6) is 0 Å². The number of imidazole rings is 1. The molecule has 0 radical (unpaired) electrons. The Bertz CT molecular complexity index is 1310. The molecule has 6 heteroatoms. The second-order valence-electron chi connectivity index (χ2n) is 10.4. The zero-order valence-corrected chi connectivity index (χ0v) is 20.7. The van der Waals surface area contributed by atoms with Crippen molar-refractivity contribution in [3.8, 4) is 17.1 Å². The number of hydrogen-bond donors (Lipinski definition) is 0. The van der Waals surface area contributed by atoms with Crippen LogP contribution in [-0.2, 0) is 15.3 Å². The molecule has 0 aliphatic carbocycles. The Labute approximate surface area is 211 Å². The van der Waals surface area contributed by atoms with Gasteiger partial charge in [-0.2, -0.15) is 0 Å². The molecule has 0 N–H and O–H groups in total. The molecule has 0 bridgehead atoms. The third kappa shape index (κ3) is 4.00. The Hall–Kier alpha value is -3.48. The number of ether oxygens (including phenoxy) is 2. The fraction of sp³-hybridized carbons (Fsp3) is 0.300. The van der Waals surface area contributed by atoms with Crippen LogP contribution in [0.25, 0.3) is 17.1 Å². The first-order chi connectivity index (χ1) is 17.5. The molecule has 6 rings (SSSR count). The summed E-state index contributed by atoms with van der Waals surface area (Å²) in [6, 6.07) is 23.4. The highest BCUT2D eigenvalue weighted by molar-refractivity contribution is 5.86. The van der Waals surface area contributed by atoms with E-state index in [9.17, 15) is 4.39 Å². The van der Waals surface area contributed by atoms with Crippen molar-refractivity contribution in [3.05, 3.63) is 96.6 Å². The summed E-state index contributed by atoms with van der Waals surface area (Å²) < 4.78 is 28.7. The standard InChI is InChI=1S/C30H30FN3O2/c1-29(2)20-35-30(36-21-29,22-12-14-23(31)15-13-22)16-7-18-33-25-9-4-3-8-24(25)28-32-17-19-34(28)27-11-6-5-10-26(27)33/h3-6,8-15,17,19H,7,16,18,20-21H2,1-2H3. The van der Waals surface area contributed by atoms with E-state index in [-0.39, 0.29) is 11.2 Å². The van der Waals surface area contributed by atoms with Crippen LogP contribution in [0.1, 0.15) is 32.3 Å². The van der Waals surface area contributed by atoms with Crippen LogP contribution in [0.3, 0.4) is 0 Å². The van der Waals surface area contributed by atoms with Crippen molar-refractivity contribution in [2.75, 3.05) is 24.7 Å². The summed E-state index contributed by atoms with van der Waals surface area (Å²) in [6.07, 6.45) is 5.33. The van der Waals surface area contributed by atoms with E-state index in [1.807, 2.05) is 12.4 Å². The molecule has 0 unspecified atom stereocenters. The number of para-hydroxylation sites is 3. The molecule has 1 fully saturated rings. The van der Waals surface area contributed by atoms with E-state index < -0.39 is 5.79 Å². The van der Waals surface area contributed by atoms with Gasteiger partial charge in [-0.3, -0.25) is 4.57 Å². The molecule has 2 aliphatic rings. The third-order valence-corrected chi connectivity index (χ3v) is 7.07. The summed E-state index contributed by atoms with van der Waals surface area (Å²) in [7, 11) is 0. The lowest BCUT2D eigenvalue weighted by Crippen LogP contribution is -2.46. The van der Waals surface area contributed by atoms with Gasteiger partial charge in [-0.15, -0.1) is 0 Å². The van der Waals surface area contributed by atoms with Crippen LogP contribution >= 0.6 is 0 Å². The van der Waals surface area contributed by atoms with Gasteiger partial charge in [0.25, 0.3) is 0 Å². The van der Waals surface area contributed by atoms with E-state index in [2.05, 4.69) is 76.8 Å². The van der Waals surface area contributed by atoms with E-state index in [0.29, 0.717) is 19.6 Å². The topological polar surface area (TPSA) is 39.5 Å². The molecule has 36 heavy (non-hydrogen) atoms. The molecule has 0 spiro atoms. The van der Waals surface area contributed by atoms with Gasteiger partial charge < -0.3 is 14.4 Å². The molecule has 184 valence electrons. The molecule has 4 aromatic rings. The van der Waals surface area contributed by atoms with Crippen molar-refractivity contribution in [2.24, 2.45) is 5.41 Å². The van der Waals surface area contributed by atoms with Crippen LogP contribution in [0.15, 0.2) is 85.2 Å². The van der Waals surface area contributed by atoms with Gasteiger partial charge in [0.2, 0.25) is 0 Å². The SMILES string of the molecule is CC1(C)COC(CCCN2c3ccccc3-c3nccn3-c3ccccc32)(c2ccc(F)cc2)OC1. The molecule has 3 heterocycles. The fourth-order valence-electron chi connectivity index (χ4n) is 5.20. The summed E-state index contributed by atoms with van der Waals surface area (Å²) in [6.45, 7) is 6.20. The largest absolute Gasteiger partial charge is 0.345 e. The molecular weight excluding hydrogens is 453 g/mol. The van der Waals surface area contributed by atoms with E-state index >= 15 is 0 Å². The molecule has 1 saturated heterocycles. The van der Waals surface area contributed by atoms with Crippen molar-refractivity contribution in [1.82, 2.24) is 9.55 Å². The second-order valence-corrected chi connectivity index (χ2v) is 10.4. The Balaban J connectivity index is 1.33. The van der Waals surface area contributed by atoms with Crippen molar-refractivity contribution >= 4 is 11.4 Å². The van der Waals surface area contributed by atoms with Gasteiger partial charge in [0.15, 0.2) is 5.79 Å². The number of fused-ring (bicyclic) bond motifs is 5. The Morgan fingerprint density at radius 1 is 0.861 bits per heavy atom. The normalized spacial score (nSPS) is 17.6. The van der Waals surface area contributed by atoms with Crippen molar-refractivity contribution in [2.45, 2.75) is 32.5 Å². The third-order valence-electron chi connectivity index (χ3n) is 7.07. The average Bonchev–Trinajstić information content (AvgIpc) is 3.35. The Morgan fingerprint density at radius 2 is 1.53 bits per heavy atom. The zero-order chi connectivity index (χ0) is 24.8. The first-order valence-corrected chi connectivity index (χ1v) is 12.5. The van der Waals surface area contributed by atoms with Crippen LogP contribution in [0.4, 0.5) is 15.8 Å². The summed E-state index contributed by atoms with van der Waals surface area (Å²) in [5.74, 6) is -0.217. The number of aromatic nitrogens is 2. The predicted octanol–water partition coefficient (Wildman–Crippen LogP) is 6.84. The molecule has 1 aromatic heterocycles. The molecular formula is C30H30FN3O2. The number of rotatable bonds is 5. The smallest absolute Gasteiger partial charge is 0.194 e. The number of hydrogen-bond acceptors (Lipinski definition) is 4. The van der Waals surface area contributed by atoms with E-state index in [1.54, 1.807) is 12.1 Å². The summed E-state index contributed by atoms with van der Waals surface area (Å²) in [5, 5.41) is 0. The first-order valence-electron chi connectivity index (χ1n) is 12.5. The summed E-state index contributed by atoms with van der Waals surface area (Å²) in [5.41, 5.74) is 5.24.